The fourth-order valence-electron chi connectivity index (χ4n) is 2.49. The molecule has 0 N–H and O–H groups in total. The van der Waals surface area contributed by atoms with Crippen molar-refractivity contribution in [2.24, 2.45) is 4.99 Å². The molecule has 0 bridgehead atoms. The fraction of sp³-hybridized carbons (Fsp3) is 0.105. The Hall–Kier alpha value is -4.29. The summed E-state index contributed by atoms with van der Waals surface area (Å²) >= 11 is -1.02. The van der Waals surface area contributed by atoms with Crippen molar-refractivity contribution in [2.75, 3.05) is 6.61 Å². The number of nitro benzene ring substituents is 2. The number of rotatable bonds is 6. The molecule has 0 unspecified atom stereocenters. The normalized spacial score (nSPS) is 11.1. The van der Waals surface area contributed by atoms with Crippen molar-refractivity contribution in [2.45, 2.75) is 6.92 Å². The van der Waals surface area contributed by atoms with E-state index in [2.05, 4.69) is 10.1 Å². The van der Waals surface area contributed by atoms with Crippen LogP contribution in [0.5, 0.6) is 0 Å². The molecule has 2 aromatic carbocycles. The number of hydrogen-bond acceptors (Lipinski definition) is 9. The molecule has 168 valence electrons. The molecule has 0 spiro atoms. The summed E-state index contributed by atoms with van der Waals surface area (Å²) in [5.41, 5.74) is -0.616. The predicted molar refractivity (Wildman–Crippen MR) is 111 cm³/mol. The summed E-state index contributed by atoms with van der Waals surface area (Å²) in [6, 6.07) is 9.50. The Morgan fingerprint density at radius 2 is 1.48 bits per heavy atom. The molecule has 3 rings (SSSR count). The van der Waals surface area contributed by atoms with Gasteiger partial charge in [-0.2, -0.15) is 0 Å². The van der Waals surface area contributed by atoms with E-state index >= 15 is 0 Å². The van der Waals surface area contributed by atoms with Gasteiger partial charge in [0.2, 0.25) is 0 Å². The van der Waals surface area contributed by atoms with Crippen molar-refractivity contribution in [3.8, 4) is 0 Å². The van der Waals surface area contributed by atoms with Gasteiger partial charge in [0.1, 0.15) is 0 Å². The van der Waals surface area contributed by atoms with E-state index in [9.17, 15) is 34.6 Å². The molecular formula is C19H13N5O8Se. The minimum atomic E-state index is -1.02. The Balaban J connectivity index is 2.00. The average Bonchev–Trinajstić information content (AvgIpc) is 3.22. The van der Waals surface area contributed by atoms with E-state index in [1.54, 1.807) is 6.92 Å². The zero-order valence-electron chi connectivity index (χ0n) is 16.7. The van der Waals surface area contributed by atoms with Crippen LogP contribution in [0.4, 0.5) is 11.4 Å². The second-order valence-corrected chi connectivity index (χ2v) is 8.09. The molecule has 1 amide bonds. The summed E-state index contributed by atoms with van der Waals surface area (Å²) in [6.45, 7) is 1.59. The predicted octanol–water partition coefficient (Wildman–Crippen LogP) is 1.36. The van der Waals surface area contributed by atoms with Crippen molar-refractivity contribution in [3.05, 3.63) is 89.8 Å². The summed E-state index contributed by atoms with van der Waals surface area (Å²) in [6.07, 6.45) is 0. The number of amides is 1. The van der Waals surface area contributed by atoms with E-state index in [0.717, 1.165) is 27.9 Å². The van der Waals surface area contributed by atoms with Crippen molar-refractivity contribution in [3.63, 3.8) is 0 Å². The van der Waals surface area contributed by atoms with Crippen LogP contribution in [0.3, 0.4) is 0 Å². The van der Waals surface area contributed by atoms with Crippen LogP contribution in [0.25, 0.3) is 0 Å². The van der Waals surface area contributed by atoms with Gasteiger partial charge in [0.05, 0.1) is 0 Å². The Morgan fingerprint density at radius 1 is 0.970 bits per heavy atom. The summed E-state index contributed by atoms with van der Waals surface area (Å²) in [5, 5.41) is 25.5. The van der Waals surface area contributed by atoms with Crippen LogP contribution in [-0.4, -0.2) is 57.7 Å². The number of esters is 1. The number of carbonyl (C=O) groups excluding carboxylic acids is 3. The number of nitro groups is 2. The number of carbonyl (C=O) groups is 3. The van der Waals surface area contributed by atoms with E-state index in [1.807, 2.05) is 0 Å². The number of benzene rings is 2. The monoisotopic (exact) mass is 519 g/mol. The molecule has 3 aromatic rings. The molecule has 1 heterocycles. The minimum absolute atomic E-state index is 0.0186. The molecule has 33 heavy (non-hydrogen) atoms. The standard InChI is InChI=1S/C19H13N5O8Se/c1-2-32-19(27)15-17(20-16(25)11-3-7-13(8-4-11)23(28)29)33-22(21-15)18(26)12-5-9-14(10-6-12)24(30)31/h3-10H,2H2,1H3. The van der Waals surface area contributed by atoms with Gasteiger partial charge in [-0.1, -0.05) is 0 Å². The van der Waals surface area contributed by atoms with Gasteiger partial charge in [0, 0.05) is 0 Å². The average molecular weight is 518 g/mol. The van der Waals surface area contributed by atoms with Gasteiger partial charge in [0.15, 0.2) is 0 Å². The molecule has 0 saturated carbocycles. The zero-order chi connectivity index (χ0) is 24.1. The second kappa shape index (κ2) is 9.89. The van der Waals surface area contributed by atoms with Gasteiger partial charge < -0.3 is 0 Å². The van der Waals surface area contributed by atoms with Crippen LogP contribution >= 0.6 is 0 Å². The number of nitrogens with zero attached hydrogens (tertiary/aromatic N) is 5. The third kappa shape index (κ3) is 5.31. The SMILES string of the molecule is CCOC(=O)c1nn(C(=O)c2ccc([N+](=O)[O-])cc2)[se]c1=NC(=O)c1ccc([N+](=O)[O-])cc1. The maximum absolute atomic E-state index is 12.8. The van der Waals surface area contributed by atoms with E-state index in [4.69, 9.17) is 4.74 Å². The molecule has 0 radical (unpaired) electrons. The summed E-state index contributed by atoms with van der Waals surface area (Å²) in [7, 11) is 0. The van der Waals surface area contributed by atoms with Crippen LogP contribution < -0.4 is 4.23 Å². The molecule has 0 aliphatic heterocycles. The number of ether oxygens (including phenoxy) is 1. The first kappa shape index (κ1) is 23.4. The van der Waals surface area contributed by atoms with Crippen molar-refractivity contribution in [1.29, 1.82) is 0 Å². The summed E-state index contributed by atoms with van der Waals surface area (Å²) in [5.74, 6) is -2.32. The van der Waals surface area contributed by atoms with Gasteiger partial charge in [-0.15, -0.1) is 0 Å². The molecule has 0 saturated heterocycles. The zero-order valence-corrected chi connectivity index (χ0v) is 18.4. The maximum atomic E-state index is 12.8. The van der Waals surface area contributed by atoms with Gasteiger partial charge in [-0.25, -0.2) is 0 Å². The van der Waals surface area contributed by atoms with Crippen LogP contribution in [0, 0.1) is 20.2 Å². The van der Waals surface area contributed by atoms with E-state index in [1.165, 1.54) is 24.3 Å². The van der Waals surface area contributed by atoms with Crippen LogP contribution in [0.15, 0.2) is 53.5 Å². The molecule has 0 aliphatic carbocycles. The first-order chi connectivity index (χ1) is 15.7. The van der Waals surface area contributed by atoms with Crippen molar-refractivity contribution < 1.29 is 29.0 Å². The van der Waals surface area contributed by atoms with Gasteiger partial charge in [-0.3, -0.25) is 0 Å². The van der Waals surface area contributed by atoms with Gasteiger partial charge >= 0.3 is 190 Å². The quantitative estimate of drug-likeness (QED) is 0.202. The number of non-ortho nitro benzene ring substituents is 2. The Kier molecular flexibility index (Phi) is 7.00. The topological polar surface area (TPSA) is 177 Å². The summed E-state index contributed by atoms with van der Waals surface area (Å²) < 4.78 is 5.80. The molecular weight excluding hydrogens is 505 g/mol. The first-order valence-electron chi connectivity index (χ1n) is 9.11. The van der Waals surface area contributed by atoms with Crippen molar-refractivity contribution >= 4 is 43.9 Å². The van der Waals surface area contributed by atoms with E-state index < -0.39 is 42.4 Å². The second-order valence-electron chi connectivity index (χ2n) is 6.17. The molecule has 0 fully saturated rings. The third-order valence-corrected chi connectivity index (χ3v) is 5.90. The van der Waals surface area contributed by atoms with E-state index in [0.29, 0.717) is 0 Å². The molecule has 0 atom stereocenters. The van der Waals surface area contributed by atoms with Gasteiger partial charge in [-0.05, 0) is 0 Å². The molecule has 1 aromatic heterocycles. The Bertz CT molecular complexity index is 1330. The molecule has 14 heteroatoms. The van der Waals surface area contributed by atoms with Crippen LogP contribution in [0.1, 0.15) is 38.1 Å². The molecule has 0 aliphatic rings. The van der Waals surface area contributed by atoms with Gasteiger partial charge in [0.25, 0.3) is 0 Å². The third-order valence-electron chi connectivity index (χ3n) is 4.06. The van der Waals surface area contributed by atoms with E-state index in [-0.39, 0.29) is 39.0 Å². The number of aromatic nitrogens is 2. The Morgan fingerprint density at radius 3 is 1.97 bits per heavy atom. The fourth-order valence-corrected chi connectivity index (χ4v) is 4.18. The molecule has 13 nitrogen and oxygen atoms in total. The van der Waals surface area contributed by atoms with Crippen molar-refractivity contribution in [1.82, 2.24) is 8.78 Å². The number of hydrogen-bond donors (Lipinski definition) is 0. The summed E-state index contributed by atoms with van der Waals surface area (Å²) in [4.78, 5) is 61.8. The Labute approximate surface area is 190 Å². The first-order valence-corrected chi connectivity index (χ1v) is 10.7. The van der Waals surface area contributed by atoms with Crippen LogP contribution in [-0.2, 0) is 4.74 Å². The van der Waals surface area contributed by atoms with Crippen LogP contribution in [0.2, 0.25) is 0 Å².